The van der Waals surface area contributed by atoms with E-state index in [1.165, 1.54) is 17.2 Å². The second kappa shape index (κ2) is 7.72. The topological polar surface area (TPSA) is 40.2 Å². The summed E-state index contributed by atoms with van der Waals surface area (Å²) in [6.07, 6.45) is 0. The van der Waals surface area contributed by atoms with Crippen LogP contribution in [0.4, 0.5) is 11.4 Å². The molecule has 1 aliphatic heterocycles. The molecule has 0 saturated carbocycles. The molecule has 4 rings (SSSR count). The third-order valence-electron chi connectivity index (χ3n) is 4.58. The fourth-order valence-electron chi connectivity index (χ4n) is 3.19. The lowest BCUT2D eigenvalue weighted by molar-refractivity contribution is 0.589. The maximum Gasteiger partial charge on any atom is 0.107 e. The average Bonchev–Trinajstić information content (AvgIpc) is 3.20. The molecule has 26 heavy (non-hydrogen) atoms. The number of nitrogens with one attached hydrogen (secondary N) is 2. The van der Waals surface area contributed by atoms with Gasteiger partial charge in [0.25, 0.3) is 0 Å². The van der Waals surface area contributed by atoms with Crippen molar-refractivity contribution in [2.75, 3.05) is 36.4 Å². The van der Waals surface area contributed by atoms with Gasteiger partial charge in [-0.3, -0.25) is 0 Å². The van der Waals surface area contributed by atoms with Crippen LogP contribution >= 0.6 is 11.5 Å². The molecule has 4 nitrogen and oxygen atoms in total. The summed E-state index contributed by atoms with van der Waals surface area (Å²) in [6.45, 7) is 8.40. The van der Waals surface area contributed by atoms with Gasteiger partial charge in [-0.1, -0.05) is 36.9 Å². The van der Waals surface area contributed by atoms with E-state index >= 15 is 0 Å². The highest BCUT2D eigenvalue weighted by atomic mass is 32.1. The normalized spacial score (nSPS) is 14.2. The Hall–Kier alpha value is -2.63. The number of anilines is 2. The lowest BCUT2D eigenvalue weighted by Gasteiger charge is -2.29. The van der Waals surface area contributed by atoms with Crippen LogP contribution in [0, 0.1) is 0 Å². The van der Waals surface area contributed by atoms with Crippen LogP contribution in [-0.2, 0) is 0 Å². The van der Waals surface area contributed by atoms with Crippen molar-refractivity contribution in [2.45, 2.75) is 0 Å². The predicted molar refractivity (Wildman–Crippen MR) is 112 cm³/mol. The molecule has 0 aliphatic carbocycles. The van der Waals surface area contributed by atoms with Crippen molar-refractivity contribution >= 4 is 28.6 Å². The summed E-state index contributed by atoms with van der Waals surface area (Å²) in [5, 5.41) is 8.86. The van der Waals surface area contributed by atoms with Crippen molar-refractivity contribution in [1.82, 2.24) is 9.69 Å². The molecule has 1 aromatic heterocycles. The Morgan fingerprint density at radius 2 is 1.77 bits per heavy atom. The zero-order valence-corrected chi connectivity index (χ0v) is 15.4. The molecular formula is C21H22N4S. The van der Waals surface area contributed by atoms with Gasteiger partial charge in [-0.15, -0.1) is 0 Å². The molecule has 5 heteroatoms. The number of hydrogen-bond acceptors (Lipinski definition) is 5. The molecule has 1 fully saturated rings. The van der Waals surface area contributed by atoms with E-state index in [2.05, 4.69) is 68.3 Å². The molecule has 0 spiro atoms. The van der Waals surface area contributed by atoms with Gasteiger partial charge in [0.1, 0.15) is 5.69 Å². The van der Waals surface area contributed by atoms with E-state index in [1.54, 1.807) is 0 Å². The van der Waals surface area contributed by atoms with Gasteiger partial charge < -0.3 is 15.5 Å². The Morgan fingerprint density at radius 1 is 1.04 bits per heavy atom. The molecule has 2 aromatic carbocycles. The van der Waals surface area contributed by atoms with Crippen LogP contribution in [0.2, 0.25) is 0 Å². The summed E-state index contributed by atoms with van der Waals surface area (Å²) in [5.74, 6) is 0. The second-order valence-electron chi connectivity index (χ2n) is 6.33. The van der Waals surface area contributed by atoms with Crippen LogP contribution in [-0.4, -0.2) is 30.6 Å². The highest BCUT2D eigenvalue weighted by Crippen LogP contribution is 2.30. The Bertz CT molecular complexity index is 865. The summed E-state index contributed by atoms with van der Waals surface area (Å²) in [4.78, 5) is 2.41. The number of aromatic nitrogens is 1. The first-order valence-corrected chi connectivity index (χ1v) is 9.67. The third kappa shape index (κ3) is 3.64. The lowest BCUT2D eigenvalue weighted by Crippen LogP contribution is -2.43. The molecule has 3 aromatic rings. The summed E-state index contributed by atoms with van der Waals surface area (Å²) in [5.41, 5.74) is 6.30. The molecule has 0 amide bonds. The average molecular weight is 363 g/mol. The van der Waals surface area contributed by atoms with Gasteiger partial charge in [0.15, 0.2) is 0 Å². The van der Waals surface area contributed by atoms with Crippen LogP contribution in [0.15, 0.2) is 66.6 Å². The maximum absolute atomic E-state index is 4.54. The number of piperazine rings is 1. The van der Waals surface area contributed by atoms with Crippen LogP contribution in [0.5, 0.6) is 0 Å². The molecule has 132 valence electrons. The van der Waals surface area contributed by atoms with E-state index in [4.69, 9.17) is 0 Å². The van der Waals surface area contributed by atoms with Crippen molar-refractivity contribution in [1.29, 1.82) is 0 Å². The van der Waals surface area contributed by atoms with Gasteiger partial charge in [-0.2, -0.15) is 4.37 Å². The number of hydrogen-bond donors (Lipinski definition) is 2. The van der Waals surface area contributed by atoms with E-state index < -0.39 is 0 Å². The smallest absolute Gasteiger partial charge is 0.107 e. The van der Waals surface area contributed by atoms with Crippen molar-refractivity contribution in [2.24, 2.45) is 0 Å². The zero-order chi connectivity index (χ0) is 17.8. The summed E-state index contributed by atoms with van der Waals surface area (Å²) < 4.78 is 4.54. The van der Waals surface area contributed by atoms with Gasteiger partial charge in [-0.05, 0) is 41.4 Å². The van der Waals surface area contributed by atoms with E-state index in [0.29, 0.717) is 0 Å². The van der Waals surface area contributed by atoms with E-state index in [1.807, 2.05) is 18.2 Å². The first-order valence-electron chi connectivity index (χ1n) is 8.83. The van der Waals surface area contributed by atoms with Gasteiger partial charge in [0.05, 0.1) is 5.70 Å². The van der Waals surface area contributed by atoms with Crippen LogP contribution in [0.1, 0.15) is 5.69 Å². The SMILES string of the molecule is C=C(Nc1ccc(N2CCNCC2)cc1)c1nscc1-c1ccccc1. The number of benzene rings is 2. The van der Waals surface area contributed by atoms with Crippen LogP contribution < -0.4 is 15.5 Å². The fourth-order valence-corrected chi connectivity index (χ4v) is 3.91. The van der Waals surface area contributed by atoms with Crippen molar-refractivity contribution in [3.05, 3.63) is 72.3 Å². The van der Waals surface area contributed by atoms with Gasteiger partial charge in [0, 0.05) is 48.5 Å². The quantitative estimate of drug-likeness (QED) is 0.710. The standard InChI is InChI=1S/C21H22N4S/c1-16(21-20(15-26-24-21)17-5-3-2-4-6-17)23-18-7-9-19(10-8-18)25-13-11-22-12-14-25/h2-10,15,22-23H,1,11-14H2. The van der Waals surface area contributed by atoms with Gasteiger partial charge in [0.2, 0.25) is 0 Å². The minimum atomic E-state index is 0.819. The van der Waals surface area contributed by atoms with Crippen LogP contribution in [0.3, 0.4) is 0 Å². The number of nitrogens with zero attached hydrogens (tertiary/aromatic N) is 2. The summed E-state index contributed by atoms with van der Waals surface area (Å²) in [6, 6.07) is 18.9. The minimum Gasteiger partial charge on any atom is -0.369 e. The Kier molecular flexibility index (Phi) is 5.00. The Labute approximate surface area is 158 Å². The van der Waals surface area contributed by atoms with E-state index in [0.717, 1.165) is 54.4 Å². The summed E-state index contributed by atoms with van der Waals surface area (Å²) >= 11 is 1.46. The lowest BCUT2D eigenvalue weighted by atomic mass is 10.1. The second-order valence-corrected chi connectivity index (χ2v) is 6.96. The molecule has 0 radical (unpaired) electrons. The number of rotatable bonds is 5. The van der Waals surface area contributed by atoms with E-state index in [-0.39, 0.29) is 0 Å². The molecular weight excluding hydrogens is 340 g/mol. The third-order valence-corrected chi connectivity index (χ3v) is 5.21. The van der Waals surface area contributed by atoms with Gasteiger partial charge in [-0.25, -0.2) is 0 Å². The molecule has 0 atom stereocenters. The van der Waals surface area contributed by atoms with E-state index in [9.17, 15) is 0 Å². The molecule has 2 N–H and O–H groups in total. The fraction of sp³-hybridized carbons (Fsp3) is 0.190. The zero-order valence-electron chi connectivity index (χ0n) is 14.6. The summed E-state index contributed by atoms with van der Waals surface area (Å²) in [7, 11) is 0. The highest BCUT2D eigenvalue weighted by molar-refractivity contribution is 7.04. The maximum atomic E-state index is 4.54. The predicted octanol–water partition coefficient (Wildman–Crippen LogP) is 4.30. The first kappa shape index (κ1) is 16.8. The molecule has 1 saturated heterocycles. The Morgan fingerprint density at radius 3 is 2.50 bits per heavy atom. The van der Waals surface area contributed by atoms with Gasteiger partial charge >= 0.3 is 0 Å². The first-order chi connectivity index (χ1) is 12.8. The minimum absolute atomic E-state index is 0.819. The largest absolute Gasteiger partial charge is 0.369 e. The molecule has 0 bridgehead atoms. The van der Waals surface area contributed by atoms with Crippen molar-refractivity contribution in [3.8, 4) is 11.1 Å². The highest BCUT2D eigenvalue weighted by Gasteiger charge is 2.13. The molecule has 1 aliphatic rings. The monoisotopic (exact) mass is 362 g/mol. The Balaban J connectivity index is 1.48. The van der Waals surface area contributed by atoms with Crippen LogP contribution in [0.25, 0.3) is 16.8 Å². The van der Waals surface area contributed by atoms with Crippen molar-refractivity contribution < 1.29 is 0 Å². The van der Waals surface area contributed by atoms with Crippen molar-refractivity contribution in [3.63, 3.8) is 0 Å². The molecule has 2 heterocycles. The molecule has 0 unspecified atom stereocenters.